The number of carbonyl (C=O) groups is 3. The van der Waals surface area contributed by atoms with Crippen LogP contribution in [0.25, 0.3) is 0 Å². The Morgan fingerprint density at radius 2 is 1.72 bits per heavy atom. The predicted molar refractivity (Wildman–Crippen MR) is 62.6 cm³/mol. The molecule has 8 nitrogen and oxygen atoms in total. The molecule has 104 valence electrons. The van der Waals surface area contributed by atoms with Gasteiger partial charge in [-0.1, -0.05) is 0 Å². The average Bonchev–Trinajstić information content (AvgIpc) is 2.37. The van der Waals surface area contributed by atoms with Crippen LogP contribution < -0.4 is 16.0 Å². The van der Waals surface area contributed by atoms with E-state index in [0.717, 1.165) is 0 Å². The van der Waals surface area contributed by atoms with E-state index in [1.807, 2.05) is 0 Å². The molecule has 0 atom stereocenters. The molecule has 0 aliphatic heterocycles. The van der Waals surface area contributed by atoms with Crippen molar-refractivity contribution in [3.05, 3.63) is 0 Å². The average molecular weight is 261 g/mol. The molecule has 4 N–H and O–H groups in total. The minimum absolute atomic E-state index is 0.0801. The Balaban J connectivity index is 3.45. The zero-order chi connectivity index (χ0) is 13.6. The van der Waals surface area contributed by atoms with Gasteiger partial charge in [0.1, 0.15) is 0 Å². The number of amides is 3. The zero-order valence-electron chi connectivity index (χ0n) is 10.1. The summed E-state index contributed by atoms with van der Waals surface area (Å²) in [4.78, 5) is 32.3. The molecule has 0 aliphatic rings. The topological polar surface area (TPSA) is 117 Å². The molecule has 8 heteroatoms. The Morgan fingerprint density at radius 1 is 1.06 bits per heavy atom. The summed E-state index contributed by atoms with van der Waals surface area (Å²) < 4.78 is 4.90. The third-order valence-electron chi connectivity index (χ3n) is 1.84. The summed E-state index contributed by atoms with van der Waals surface area (Å²) >= 11 is 0. The summed E-state index contributed by atoms with van der Waals surface area (Å²) in [6.45, 7) is 1.32. The lowest BCUT2D eigenvalue weighted by molar-refractivity contribution is -0.139. The van der Waals surface area contributed by atoms with Gasteiger partial charge >= 0.3 is 11.8 Å². The number of aliphatic hydroxyl groups excluding tert-OH is 1. The van der Waals surface area contributed by atoms with Crippen molar-refractivity contribution in [2.45, 2.75) is 6.42 Å². The fourth-order valence-corrected chi connectivity index (χ4v) is 1.02. The standard InChI is InChI=1S/C10H19N3O5/c14-5-7-18-6-4-13-10(17)9(16)12-3-1-2-11-8-15/h8,14H,1-7H2,(H,11,15)(H,12,16)(H,13,17). The molecule has 0 bridgehead atoms. The molecule has 0 aromatic rings. The van der Waals surface area contributed by atoms with E-state index in [9.17, 15) is 14.4 Å². The van der Waals surface area contributed by atoms with Crippen molar-refractivity contribution in [3.8, 4) is 0 Å². The largest absolute Gasteiger partial charge is 0.394 e. The molecule has 0 unspecified atom stereocenters. The number of rotatable bonds is 10. The van der Waals surface area contributed by atoms with Crippen molar-refractivity contribution in [2.24, 2.45) is 0 Å². The van der Waals surface area contributed by atoms with Crippen LogP contribution in [0.15, 0.2) is 0 Å². The summed E-state index contributed by atoms with van der Waals surface area (Å²) in [6, 6.07) is 0. The maximum absolute atomic E-state index is 11.2. The monoisotopic (exact) mass is 261 g/mol. The fourth-order valence-electron chi connectivity index (χ4n) is 1.02. The van der Waals surface area contributed by atoms with E-state index in [-0.39, 0.29) is 26.4 Å². The Morgan fingerprint density at radius 3 is 2.33 bits per heavy atom. The van der Waals surface area contributed by atoms with Gasteiger partial charge in [-0.25, -0.2) is 0 Å². The summed E-state index contributed by atoms with van der Waals surface area (Å²) in [5.74, 6) is -1.45. The van der Waals surface area contributed by atoms with Crippen LogP contribution >= 0.6 is 0 Å². The van der Waals surface area contributed by atoms with Crippen LogP contribution in [-0.2, 0) is 19.1 Å². The smallest absolute Gasteiger partial charge is 0.309 e. The fraction of sp³-hybridized carbons (Fsp3) is 0.700. The highest BCUT2D eigenvalue weighted by Gasteiger charge is 2.11. The number of carbonyl (C=O) groups excluding carboxylic acids is 3. The second kappa shape index (κ2) is 11.8. The molecule has 0 fully saturated rings. The predicted octanol–water partition coefficient (Wildman–Crippen LogP) is -2.64. The van der Waals surface area contributed by atoms with Gasteiger partial charge in [-0.2, -0.15) is 0 Å². The van der Waals surface area contributed by atoms with Crippen LogP contribution in [0.2, 0.25) is 0 Å². The quantitative estimate of drug-likeness (QED) is 0.195. The third kappa shape index (κ3) is 9.55. The minimum Gasteiger partial charge on any atom is -0.394 e. The first-order valence-corrected chi connectivity index (χ1v) is 5.64. The first-order valence-electron chi connectivity index (χ1n) is 5.64. The maximum atomic E-state index is 11.2. The van der Waals surface area contributed by atoms with Gasteiger partial charge in [0.15, 0.2) is 0 Å². The Bertz CT molecular complexity index is 260. The second-order valence-corrected chi connectivity index (χ2v) is 3.27. The Labute approximate surface area is 105 Å². The zero-order valence-corrected chi connectivity index (χ0v) is 10.1. The lowest BCUT2D eigenvalue weighted by atomic mass is 10.4. The number of ether oxygens (including phenoxy) is 1. The first-order chi connectivity index (χ1) is 8.72. The molecule has 0 spiro atoms. The lowest BCUT2D eigenvalue weighted by Gasteiger charge is -2.06. The summed E-state index contributed by atoms with van der Waals surface area (Å²) in [7, 11) is 0. The first kappa shape index (κ1) is 16.3. The van der Waals surface area contributed by atoms with Gasteiger partial charge in [-0.05, 0) is 6.42 Å². The maximum Gasteiger partial charge on any atom is 0.309 e. The molecular formula is C10H19N3O5. The summed E-state index contributed by atoms with van der Waals surface area (Å²) in [5.41, 5.74) is 0. The highest BCUT2D eigenvalue weighted by molar-refractivity contribution is 6.35. The summed E-state index contributed by atoms with van der Waals surface area (Å²) in [5, 5.41) is 15.6. The highest BCUT2D eigenvalue weighted by atomic mass is 16.5. The normalized spacial score (nSPS) is 9.61. The molecule has 3 amide bonds. The molecule has 0 aromatic carbocycles. The number of hydrogen-bond donors (Lipinski definition) is 4. The Hall–Kier alpha value is -1.67. The van der Waals surface area contributed by atoms with E-state index < -0.39 is 11.8 Å². The van der Waals surface area contributed by atoms with E-state index in [4.69, 9.17) is 9.84 Å². The van der Waals surface area contributed by atoms with Crippen LogP contribution in [0.4, 0.5) is 0 Å². The molecule has 0 rings (SSSR count). The third-order valence-corrected chi connectivity index (χ3v) is 1.84. The van der Waals surface area contributed by atoms with Gasteiger partial charge in [0, 0.05) is 19.6 Å². The molecular weight excluding hydrogens is 242 g/mol. The van der Waals surface area contributed by atoms with E-state index in [1.165, 1.54) is 0 Å². The molecule has 0 aromatic heterocycles. The molecule has 0 aliphatic carbocycles. The number of aliphatic hydroxyl groups is 1. The molecule has 0 radical (unpaired) electrons. The van der Waals surface area contributed by atoms with Gasteiger partial charge in [0.2, 0.25) is 6.41 Å². The molecule has 0 saturated heterocycles. The van der Waals surface area contributed by atoms with Crippen LogP contribution in [-0.4, -0.2) is 62.8 Å². The van der Waals surface area contributed by atoms with Gasteiger partial charge in [0.05, 0.1) is 19.8 Å². The van der Waals surface area contributed by atoms with Crippen LogP contribution in [0.5, 0.6) is 0 Å². The van der Waals surface area contributed by atoms with Crippen LogP contribution in [0, 0.1) is 0 Å². The highest BCUT2D eigenvalue weighted by Crippen LogP contribution is 1.76. The van der Waals surface area contributed by atoms with Crippen molar-refractivity contribution in [1.82, 2.24) is 16.0 Å². The van der Waals surface area contributed by atoms with Crippen molar-refractivity contribution < 1.29 is 24.2 Å². The van der Waals surface area contributed by atoms with Gasteiger partial charge in [-0.3, -0.25) is 14.4 Å². The summed E-state index contributed by atoms with van der Waals surface area (Å²) in [6.07, 6.45) is 1.12. The van der Waals surface area contributed by atoms with E-state index >= 15 is 0 Å². The van der Waals surface area contributed by atoms with E-state index in [2.05, 4.69) is 16.0 Å². The lowest BCUT2D eigenvalue weighted by Crippen LogP contribution is -2.41. The van der Waals surface area contributed by atoms with Crippen molar-refractivity contribution in [3.63, 3.8) is 0 Å². The van der Waals surface area contributed by atoms with Crippen molar-refractivity contribution >= 4 is 18.2 Å². The minimum atomic E-state index is -0.731. The van der Waals surface area contributed by atoms with Crippen LogP contribution in [0.3, 0.4) is 0 Å². The number of hydrogen-bond acceptors (Lipinski definition) is 5. The number of nitrogens with one attached hydrogen (secondary N) is 3. The molecule has 0 saturated carbocycles. The van der Waals surface area contributed by atoms with Crippen molar-refractivity contribution in [2.75, 3.05) is 39.5 Å². The SMILES string of the molecule is O=CNCCCNC(=O)C(=O)NCCOCCO. The molecule has 0 heterocycles. The second-order valence-electron chi connectivity index (χ2n) is 3.27. The van der Waals surface area contributed by atoms with Gasteiger partial charge in [-0.15, -0.1) is 0 Å². The molecule has 18 heavy (non-hydrogen) atoms. The van der Waals surface area contributed by atoms with Gasteiger partial charge in [0.25, 0.3) is 0 Å². The van der Waals surface area contributed by atoms with Crippen molar-refractivity contribution in [1.29, 1.82) is 0 Å². The van der Waals surface area contributed by atoms with Crippen LogP contribution in [0.1, 0.15) is 6.42 Å². The van der Waals surface area contributed by atoms with E-state index in [0.29, 0.717) is 25.9 Å². The van der Waals surface area contributed by atoms with E-state index in [1.54, 1.807) is 0 Å². The van der Waals surface area contributed by atoms with Gasteiger partial charge < -0.3 is 25.8 Å². The Kier molecular flexibility index (Phi) is 10.7.